The van der Waals surface area contributed by atoms with Crippen LogP contribution in [0, 0.1) is 0 Å². The van der Waals surface area contributed by atoms with Crippen LogP contribution in [0.15, 0.2) is 36.2 Å². The van der Waals surface area contributed by atoms with Crippen LogP contribution in [-0.2, 0) is 0 Å². The fourth-order valence-electron chi connectivity index (χ4n) is 0.562. The van der Waals surface area contributed by atoms with Gasteiger partial charge < -0.3 is 0 Å². The Morgan fingerprint density at radius 3 is 2.62 bits per heavy atom. The van der Waals surface area contributed by atoms with Crippen LogP contribution in [0.4, 0.5) is 4.39 Å². The molecule has 0 spiro atoms. The lowest BCUT2D eigenvalue weighted by molar-refractivity contribution is 0.659. The van der Waals surface area contributed by atoms with Crippen molar-refractivity contribution < 1.29 is 4.39 Å². The van der Waals surface area contributed by atoms with Gasteiger partial charge in [-0.2, -0.15) is 0 Å². The predicted octanol–water partition coefficient (Wildman–Crippen LogP) is 2.36. The lowest BCUT2D eigenvalue weighted by atomic mass is 10.1. The predicted molar refractivity (Wildman–Crippen MR) is 32.1 cm³/mol. The van der Waals surface area contributed by atoms with E-state index < -0.39 is 0 Å². The molecular weight excluding hydrogens is 103 g/mol. The third-order valence-corrected chi connectivity index (χ3v) is 1.04. The van der Waals surface area contributed by atoms with E-state index in [1.165, 1.54) is 12.2 Å². The largest absolute Gasteiger partial charge is 0.207 e. The van der Waals surface area contributed by atoms with Crippen LogP contribution in [0.25, 0.3) is 0 Å². The molecule has 8 heavy (non-hydrogen) atoms. The fourth-order valence-corrected chi connectivity index (χ4v) is 0.562. The maximum Gasteiger partial charge on any atom is 0.119 e. The molecule has 1 heteroatoms. The van der Waals surface area contributed by atoms with Gasteiger partial charge in [0.15, 0.2) is 0 Å². The molecule has 0 amide bonds. The van der Waals surface area contributed by atoms with Gasteiger partial charge in [0.05, 0.1) is 0 Å². The summed E-state index contributed by atoms with van der Waals surface area (Å²) in [5.74, 6) is -0.155. The molecule has 0 fully saturated rings. The average Bonchev–Trinajstić information content (AvgIpc) is 1.77. The first-order valence-electron chi connectivity index (χ1n) is 2.50. The summed E-state index contributed by atoms with van der Waals surface area (Å²) >= 11 is 0. The topological polar surface area (TPSA) is 0 Å². The molecule has 0 bridgehead atoms. The molecule has 0 aromatic rings. The van der Waals surface area contributed by atoms with Gasteiger partial charge in [-0.05, 0) is 18.6 Å². The average molecular weight is 110 g/mol. The van der Waals surface area contributed by atoms with E-state index in [4.69, 9.17) is 0 Å². The first-order valence-corrected chi connectivity index (χ1v) is 2.50. The minimum absolute atomic E-state index is 0.155. The van der Waals surface area contributed by atoms with Crippen molar-refractivity contribution in [1.82, 2.24) is 0 Å². The van der Waals surface area contributed by atoms with Crippen LogP contribution in [0.3, 0.4) is 0 Å². The third-order valence-electron chi connectivity index (χ3n) is 1.04. The van der Waals surface area contributed by atoms with Gasteiger partial charge in [0.1, 0.15) is 5.83 Å². The van der Waals surface area contributed by atoms with Gasteiger partial charge in [-0.1, -0.05) is 18.2 Å². The molecule has 0 nitrogen and oxygen atoms in total. The van der Waals surface area contributed by atoms with Crippen molar-refractivity contribution in [2.45, 2.75) is 6.42 Å². The Bertz CT molecular complexity index is 160. The molecule has 0 atom stereocenters. The van der Waals surface area contributed by atoms with Crippen LogP contribution < -0.4 is 0 Å². The van der Waals surface area contributed by atoms with Crippen molar-refractivity contribution in [3.8, 4) is 0 Å². The monoisotopic (exact) mass is 110 g/mol. The molecule has 1 aliphatic carbocycles. The summed E-state index contributed by atoms with van der Waals surface area (Å²) in [7, 11) is 0. The molecule has 0 saturated carbocycles. The van der Waals surface area contributed by atoms with Crippen molar-refractivity contribution in [2.75, 3.05) is 0 Å². The molecule has 0 N–H and O–H groups in total. The van der Waals surface area contributed by atoms with Crippen molar-refractivity contribution in [1.29, 1.82) is 0 Å². The van der Waals surface area contributed by atoms with Gasteiger partial charge in [-0.25, -0.2) is 4.39 Å². The van der Waals surface area contributed by atoms with Crippen LogP contribution >= 0.6 is 0 Å². The zero-order chi connectivity index (χ0) is 5.98. The van der Waals surface area contributed by atoms with E-state index in [9.17, 15) is 4.39 Å². The summed E-state index contributed by atoms with van der Waals surface area (Å²) in [6, 6.07) is 0. The Hall–Kier alpha value is -0.850. The lowest BCUT2D eigenvalue weighted by Crippen LogP contribution is -1.79. The van der Waals surface area contributed by atoms with Crippen LogP contribution in [0.5, 0.6) is 0 Å². The molecule has 1 aliphatic rings. The van der Waals surface area contributed by atoms with Crippen molar-refractivity contribution in [3.05, 3.63) is 36.2 Å². The second kappa shape index (κ2) is 1.95. The van der Waals surface area contributed by atoms with E-state index >= 15 is 0 Å². The standard InChI is InChI=1S/C7H7F/c1-6-2-4-7(8)5-3-6/h2,4-5H,1,3H2. The first kappa shape index (κ1) is 5.29. The highest BCUT2D eigenvalue weighted by Crippen LogP contribution is 2.13. The molecular formula is C7H7F. The Morgan fingerprint density at radius 1 is 1.50 bits per heavy atom. The van der Waals surface area contributed by atoms with Gasteiger partial charge in [0, 0.05) is 0 Å². The van der Waals surface area contributed by atoms with Crippen molar-refractivity contribution in [3.63, 3.8) is 0 Å². The zero-order valence-electron chi connectivity index (χ0n) is 4.52. The molecule has 0 unspecified atom stereocenters. The van der Waals surface area contributed by atoms with Gasteiger partial charge >= 0.3 is 0 Å². The highest BCUT2D eigenvalue weighted by Gasteiger charge is 1.94. The molecule has 0 saturated heterocycles. The SMILES string of the molecule is C=C1C=CC(F)=CC1. The zero-order valence-corrected chi connectivity index (χ0v) is 4.52. The molecule has 0 aliphatic heterocycles. The molecule has 0 radical (unpaired) electrons. The molecule has 1 rings (SSSR count). The van der Waals surface area contributed by atoms with Crippen LogP contribution in [0.2, 0.25) is 0 Å². The smallest absolute Gasteiger partial charge is 0.119 e. The highest BCUT2D eigenvalue weighted by atomic mass is 19.1. The quantitative estimate of drug-likeness (QED) is 0.449. The van der Waals surface area contributed by atoms with Crippen molar-refractivity contribution >= 4 is 0 Å². The summed E-state index contributed by atoms with van der Waals surface area (Å²) in [6.45, 7) is 3.65. The number of hydrogen-bond acceptors (Lipinski definition) is 0. The Kier molecular flexibility index (Phi) is 1.29. The summed E-state index contributed by atoms with van der Waals surface area (Å²) in [5, 5.41) is 0. The molecule has 0 aromatic heterocycles. The maximum absolute atomic E-state index is 12.1. The Morgan fingerprint density at radius 2 is 2.25 bits per heavy atom. The Balaban J connectivity index is 2.71. The van der Waals surface area contributed by atoms with E-state index in [-0.39, 0.29) is 5.83 Å². The van der Waals surface area contributed by atoms with Gasteiger partial charge in [0.2, 0.25) is 0 Å². The molecule has 0 heterocycles. The van der Waals surface area contributed by atoms with Gasteiger partial charge in [-0.15, -0.1) is 0 Å². The van der Waals surface area contributed by atoms with Crippen LogP contribution in [0.1, 0.15) is 6.42 Å². The van der Waals surface area contributed by atoms with Crippen LogP contribution in [-0.4, -0.2) is 0 Å². The summed E-state index contributed by atoms with van der Waals surface area (Å²) in [4.78, 5) is 0. The minimum Gasteiger partial charge on any atom is -0.207 e. The number of hydrogen-bond donors (Lipinski definition) is 0. The number of allylic oxidation sites excluding steroid dienone is 5. The van der Waals surface area contributed by atoms with Gasteiger partial charge in [-0.3, -0.25) is 0 Å². The van der Waals surface area contributed by atoms with E-state index in [0.29, 0.717) is 6.42 Å². The molecule has 42 valence electrons. The second-order valence-electron chi connectivity index (χ2n) is 1.78. The number of rotatable bonds is 0. The van der Waals surface area contributed by atoms with E-state index in [1.807, 2.05) is 0 Å². The minimum atomic E-state index is -0.155. The van der Waals surface area contributed by atoms with Crippen molar-refractivity contribution in [2.24, 2.45) is 0 Å². The Labute approximate surface area is 48.0 Å². The van der Waals surface area contributed by atoms with E-state index in [0.717, 1.165) is 5.57 Å². The second-order valence-corrected chi connectivity index (χ2v) is 1.78. The normalized spacial score (nSPS) is 18.6. The van der Waals surface area contributed by atoms with E-state index in [1.54, 1.807) is 6.08 Å². The fraction of sp³-hybridized carbons (Fsp3) is 0.143. The van der Waals surface area contributed by atoms with Gasteiger partial charge in [0.25, 0.3) is 0 Å². The highest BCUT2D eigenvalue weighted by molar-refractivity contribution is 5.30. The molecule has 0 aromatic carbocycles. The maximum atomic E-state index is 12.1. The first-order chi connectivity index (χ1) is 3.79. The third kappa shape index (κ3) is 1.06. The summed E-state index contributed by atoms with van der Waals surface area (Å²) in [5.41, 5.74) is 0.964. The van der Waals surface area contributed by atoms with E-state index in [2.05, 4.69) is 6.58 Å². The lowest BCUT2D eigenvalue weighted by Gasteiger charge is -1.98. The summed E-state index contributed by atoms with van der Waals surface area (Å²) in [6.07, 6.45) is 5.28. The number of halogens is 1. The summed E-state index contributed by atoms with van der Waals surface area (Å²) < 4.78 is 12.1.